The Balaban J connectivity index is 2.25. The Kier molecular flexibility index (Phi) is 5.11. The molecule has 0 radical (unpaired) electrons. The molecule has 5 heteroatoms. The summed E-state index contributed by atoms with van der Waals surface area (Å²) >= 11 is 15.6. The molecule has 0 amide bonds. The molecule has 19 heavy (non-hydrogen) atoms. The second kappa shape index (κ2) is 6.62. The lowest BCUT2D eigenvalue weighted by Crippen LogP contribution is -2.02. The summed E-state index contributed by atoms with van der Waals surface area (Å²) in [4.78, 5) is 0. The van der Waals surface area contributed by atoms with Crippen molar-refractivity contribution in [3.63, 3.8) is 0 Å². The molecule has 0 unspecified atom stereocenters. The number of hydrogen-bond donors (Lipinski definition) is 1. The minimum absolute atomic E-state index is 0.533. The molecule has 0 saturated carbocycles. The normalized spacial score (nSPS) is 10.5. The van der Waals surface area contributed by atoms with Crippen molar-refractivity contribution in [1.82, 2.24) is 0 Å². The van der Waals surface area contributed by atoms with Gasteiger partial charge in [0.1, 0.15) is 11.5 Å². The largest absolute Gasteiger partial charge is 0.454 e. The summed E-state index contributed by atoms with van der Waals surface area (Å²) in [5.74, 6) is 1.13. The summed E-state index contributed by atoms with van der Waals surface area (Å²) < 4.78 is 6.62. The van der Waals surface area contributed by atoms with Crippen molar-refractivity contribution in [2.45, 2.75) is 6.42 Å². The SMILES string of the molecule is NCCc1ccc(Oc2cc(Br)ccc2Cl)c(Cl)c1. The highest BCUT2D eigenvalue weighted by Gasteiger charge is 2.08. The predicted octanol–water partition coefficient (Wildman–Crippen LogP) is 5.05. The quantitative estimate of drug-likeness (QED) is 0.827. The Hall–Kier alpha value is -0.740. The first-order valence-electron chi connectivity index (χ1n) is 5.71. The van der Waals surface area contributed by atoms with Crippen LogP contribution in [0.5, 0.6) is 11.5 Å². The molecule has 0 heterocycles. The van der Waals surface area contributed by atoms with Crippen LogP contribution in [0.1, 0.15) is 5.56 Å². The van der Waals surface area contributed by atoms with Gasteiger partial charge in [-0.1, -0.05) is 45.2 Å². The van der Waals surface area contributed by atoms with Crippen molar-refractivity contribution in [3.05, 3.63) is 56.5 Å². The third-order valence-corrected chi connectivity index (χ3v) is 3.64. The van der Waals surface area contributed by atoms with E-state index in [0.29, 0.717) is 28.1 Å². The smallest absolute Gasteiger partial charge is 0.147 e. The third kappa shape index (κ3) is 3.86. The maximum atomic E-state index is 6.19. The number of ether oxygens (including phenoxy) is 1. The molecule has 0 aliphatic rings. The molecule has 100 valence electrons. The van der Waals surface area contributed by atoms with Crippen molar-refractivity contribution in [3.8, 4) is 11.5 Å². The van der Waals surface area contributed by atoms with Crippen LogP contribution in [-0.2, 0) is 6.42 Å². The summed E-state index contributed by atoms with van der Waals surface area (Å²) in [6.07, 6.45) is 0.789. The molecule has 2 nitrogen and oxygen atoms in total. The van der Waals surface area contributed by atoms with E-state index in [-0.39, 0.29) is 0 Å². The topological polar surface area (TPSA) is 35.2 Å². The van der Waals surface area contributed by atoms with Crippen LogP contribution >= 0.6 is 39.1 Å². The average molecular weight is 361 g/mol. The van der Waals surface area contributed by atoms with E-state index in [2.05, 4.69) is 15.9 Å². The van der Waals surface area contributed by atoms with E-state index < -0.39 is 0 Å². The van der Waals surface area contributed by atoms with Crippen LogP contribution in [0.25, 0.3) is 0 Å². The van der Waals surface area contributed by atoms with Gasteiger partial charge in [-0.25, -0.2) is 0 Å². The Morgan fingerprint density at radius 2 is 1.79 bits per heavy atom. The Morgan fingerprint density at radius 1 is 1.00 bits per heavy atom. The monoisotopic (exact) mass is 359 g/mol. The molecule has 0 aliphatic heterocycles. The summed E-state index contributed by atoms with van der Waals surface area (Å²) in [6.45, 7) is 0.591. The van der Waals surface area contributed by atoms with Gasteiger partial charge in [0.25, 0.3) is 0 Å². The molecular weight excluding hydrogens is 349 g/mol. The number of halogens is 3. The van der Waals surface area contributed by atoms with Crippen molar-refractivity contribution in [2.75, 3.05) is 6.54 Å². The highest BCUT2D eigenvalue weighted by molar-refractivity contribution is 9.10. The molecule has 2 N–H and O–H groups in total. The minimum atomic E-state index is 0.533. The van der Waals surface area contributed by atoms with Gasteiger partial charge >= 0.3 is 0 Å². The van der Waals surface area contributed by atoms with Gasteiger partial charge in [0, 0.05) is 4.47 Å². The van der Waals surface area contributed by atoms with E-state index >= 15 is 0 Å². The molecule has 0 atom stereocenters. The van der Waals surface area contributed by atoms with E-state index in [4.69, 9.17) is 33.7 Å². The fourth-order valence-electron chi connectivity index (χ4n) is 1.62. The van der Waals surface area contributed by atoms with Crippen LogP contribution in [0.4, 0.5) is 0 Å². The van der Waals surface area contributed by atoms with Gasteiger partial charge in [0.05, 0.1) is 10.0 Å². The van der Waals surface area contributed by atoms with E-state index in [1.54, 1.807) is 12.1 Å². The van der Waals surface area contributed by atoms with Gasteiger partial charge < -0.3 is 10.5 Å². The van der Waals surface area contributed by atoms with Crippen molar-refractivity contribution < 1.29 is 4.74 Å². The standard InChI is InChI=1S/C14H12BrCl2NO/c15-10-2-3-11(16)14(8-10)19-13-4-1-9(5-6-18)7-12(13)17/h1-4,7-8H,5-6,18H2. The molecular formula is C14H12BrCl2NO. The van der Waals surface area contributed by atoms with E-state index in [9.17, 15) is 0 Å². The second-order valence-electron chi connectivity index (χ2n) is 3.98. The molecule has 0 aromatic heterocycles. The summed E-state index contributed by atoms with van der Waals surface area (Å²) in [5.41, 5.74) is 6.60. The molecule has 0 aliphatic carbocycles. The van der Waals surface area contributed by atoms with Crippen LogP contribution in [-0.4, -0.2) is 6.54 Å². The number of benzene rings is 2. The minimum Gasteiger partial charge on any atom is -0.454 e. The third-order valence-electron chi connectivity index (χ3n) is 2.54. The van der Waals surface area contributed by atoms with Gasteiger partial charge in [-0.05, 0) is 48.9 Å². The van der Waals surface area contributed by atoms with Crippen molar-refractivity contribution >= 4 is 39.1 Å². The number of hydrogen-bond acceptors (Lipinski definition) is 2. The van der Waals surface area contributed by atoms with Gasteiger partial charge in [-0.15, -0.1) is 0 Å². The summed E-state index contributed by atoms with van der Waals surface area (Å²) in [7, 11) is 0. The van der Waals surface area contributed by atoms with Crippen LogP contribution in [0.3, 0.4) is 0 Å². The lowest BCUT2D eigenvalue weighted by molar-refractivity contribution is 0.482. The van der Waals surface area contributed by atoms with E-state index in [1.165, 1.54) is 0 Å². The van der Waals surface area contributed by atoms with E-state index in [0.717, 1.165) is 16.5 Å². The lowest BCUT2D eigenvalue weighted by atomic mass is 10.1. The maximum absolute atomic E-state index is 6.19. The molecule has 0 spiro atoms. The molecule has 2 aromatic carbocycles. The van der Waals surface area contributed by atoms with Gasteiger partial charge in [0.15, 0.2) is 0 Å². The molecule has 2 rings (SSSR count). The molecule has 0 saturated heterocycles. The first kappa shape index (κ1) is 14.7. The Labute approximate surface area is 130 Å². The summed E-state index contributed by atoms with van der Waals surface area (Å²) in [5, 5.41) is 1.08. The molecule has 0 fully saturated rings. The average Bonchev–Trinajstić information content (AvgIpc) is 2.37. The van der Waals surface area contributed by atoms with Crippen LogP contribution in [0, 0.1) is 0 Å². The lowest BCUT2D eigenvalue weighted by Gasteiger charge is -2.10. The number of rotatable bonds is 4. The maximum Gasteiger partial charge on any atom is 0.147 e. The van der Waals surface area contributed by atoms with Crippen LogP contribution in [0.2, 0.25) is 10.0 Å². The van der Waals surface area contributed by atoms with Gasteiger partial charge in [0.2, 0.25) is 0 Å². The summed E-state index contributed by atoms with van der Waals surface area (Å²) in [6, 6.07) is 11.0. The van der Waals surface area contributed by atoms with Gasteiger partial charge in [-0.2, -0.15) is 0 Å². The Bertz CT molecular complexity index is 590. The van der Waals surface area contributed by atoms with Crippen molar-refractivity contribution in [1.29, 1.82) is 0 Å². The highest BCUT2D eigenvalue weighted by Crippen LogP contribution is 2.35. The number of nitrogens with two attached hydrogens (primary N) is 1. The van der Waals surface area contributed by atoms with Crippen molar-refractivity contribution in [2.24, 2.45) is 5.73 Å². The van der Waals surface area contributed by atoms with Gasteiger partial charge in [-0.3, -0.25) is 0 Å². The highest BCUT2D eigenvalue weighted by atomic mass is 79.9. The molecule has 2 aromatic rings. The van der Waals surface area contributed by atoms with Crippen LogP contribution in [0.15, 0.2) is 40.9 Å². The zero-order valence-corrected chi connectivity index (χ0v) is 13.1. The zero-order chi connectivity index (χ0) is 13.8. The molecule has 0 bridgehead atoms. The van der Waals surface area contributed by atoms with E-state index in [1.807, 2.05) is 24.3 Å². The zero-order valence-electron chi connectivity index (χ0n) is 10.00. The fraction of sp³-hybridized carbons (Fsp3) is 0.143. The Morgan fingerprint density at radius 3 is 2.47 bits per heavy atom. The van der Waals surface area contributed by atoms with Crippen LogP contribution < -0.4 is 10.5 Å². The first-order valence-corrected chi connectivity index (χ1v) is 7.26. The predicted molar refractivity (Wildman–Crippen MR) is 83.4 cm³/mol. The first-order chi connectivity index (χ1) is 9.10. The fourth-order valence-corrected chi connectivity index (χ4v) is 2.36. The second-order valence-corrected chi connectivity index (χ2v) is 5.71.